The molecule has 3 nitrogen and oxygen atoms in total. The van der Waals surface area contributed by atoms with Gasteiger partial charge in [-0.05, 0) is 42.1 Å². The summed E-state index contributed by atoms with van der Waals surface area (Å²) in [6.07, 6.45) is 4.31. The molecule has 2 rings (SSSR count). The molecule has 0 radical (unpaired) electrons. The number of carbonyl (C=O) groups excluding carboxylic acids is 1. The van der Waals surface area contributed by atoms with Gasteiger partial charge < -0.3 is 10.6 Å². The van der Waals surface area contributed by atoms with Crippen LogP contribution in [0.1, 0.15) is 17.4 Å². The van der Waals surface area contributed by atoms with Crippen LogP contribution in [0, 0.1) is 0 Å². The standard InChI is InChI=1S/C17H20N2OS/c1-13(12-16-4-3-11-21-16)19(2)17(20)10-7-14-5-8-15(18)9-6-14/h3-11,13H,12,18H2,1-2H3/b10-7+. The molecule has 21 heavy (non-hydrogen) atoms. The van der Waals surface area contributed by atoms with Crippen LogP contribution in [0.2, 0.25) is 0 Å². The fraction of sp³-hybridized carbons (Fsp3) is 0.235. The first kappa shape index (κ1) is 15.3. The van der Waals surface area contributed by atoms with Crippen molar-refractivity contribution in [1.82, 2.24) is 4.90 Å². The van der Waals surface area contributed by atoms with E-state index in [4.69, 9.17) is 5.73 Å². The lowest BCUT2D eigenvalue weighted by molar-refractivity contribution is -0.126. The number of amides is 1. The van der Waals surface area contributed by atoms with E-state index in [0.29, 0.717) is 0 Å². The van der Waals surface area contributed by atoms with Crippen LogP contribution in [-0.2, 0) is 11.2 Å². The molecule has 0 aliphatic rings. The van der Waals surface area contributed by atoms with Crippen molar-refractivity contribution in [2.45, 2.75) is 19.4 Å². The maximum atomic E-state index is 12.2. The Kier molecular flexibility index (Phi) is 5.17. The van der Waals surface area contributed by atoms with Crippen molar-refractivity contribution in [3.05, 3.63) is 58.3 Å². The Labute approximate surface area is 129 Å². The Hall–Kier alpha value is -2.07. The minimum Gasteiger partial charge on any atom is -0.399 e. The molecule has 0 saturated carbocycles. The third kappa shape index (κ3) is 4.46. The van der Waals surface area contributed by atoms with Crippen LogP contribution in [0.25, 0.3) is 6.08 Å². The first-order valence-corrected chi connectivity index (χ1v) is 7.77. The summed E-state index contributed by atoms with van der Waals surface area (Å²) in [5.74, 6) is 0.0101. The van der Waals surface area contributed by atoms with Crippen LogP contribution in [0.15, 0.2) is 47.9 Å². The number of hydrogen-bond acceptors (Lipinski definition) is 3. The zero-order valence-electron chi connectivity index (χ0n) is 12.3. The van der Waals surface area contributed by atoms with Crippen LogP contribution in [0.5, 0.6) is 0 Å². The molecule has 0 fully saturated rings. The average molecular weight is 300 g/mol. The van der Waals surface area contributed by atoms with Gasteiger partial charge in [-0.25, -0.2) is 0 Å². The number of nitrogens with zero attached hydrogens (tertiary/aromatic N) is 1. The van der Waals surface area contributed by atoms with Crippen molar-refractivity contribution >= 4 is 29.0 Å². The number of likely N-dealkylation sites (N-methyl/N-ethyl adjacent to an activating group) is 1. The summed E-state index contributed by atoms with van der Waals surface area (Å²) in [5, 5.41) is 2.06. The van der Waals surface area contributed by atoms with Gasteiger partial charge in [-0.15, -0.1) is 11.3 Å². The van der Waals surface area contributed by atoms with Gasteiger partial charge in [-0.2, -0.15) is 0 Å². The highest BCUT2D eigenvalue weighted by molar-refractivity contribution is 7.09. The summed E-state index contributed by atoms with van der Waals surface area (Å²) in [4.78, 5) is 15.2. The molecule has 0 bridgehead atoms. The number of hydrogen-bond donors (Lipinski definition) is 1. The highest BCUT2D eigenvalue weighted by atomic mass is 32.1. The molecule has 0 aliphatic carbocycles. The third-order valence-corrected chi connectivity index (χ3v) is 4.34. The van der Waals surface area contributed by atoms with E-state index >= 15 is 0 Å². The fourth-order valence-electron chi connectivity index (χ4n) is 1.97. The lowest BCUT2D eigenvalue weighted by Gasteiger charge is -2.23. The summed E-state index contributed by atoms with van der Waals surface area (Å²) in [6.45, 7) is 2.06. The minimum absolute atomic E-state index is 0.0101. The van der Waals surface area contributed by atoms with Crippen molar-refractivity contribution in [2.24, 2.45) is 0 Å². The summed E-state index contributed by atoms with van der Waals surface area (Å²) in [5.41, 5.74) is 7.33. The number of thiophene rings is 1. The van der Waals surface area contributed by atoms with Crippen molar-refractivity contribution in [3.63, 3.8) is 0 Å². The van der Waals surface area contributed by atoms with Gasteiger partial charge in [0.05, 0.1) is 0 Å². The molecule has 1 atom stereocenters. The lowest BCUT2D eigenvalue weighted by atomic mass is 10.1. The maximum absolute atomic E-state index is 12.2. The molecule has 1 aromatic carbocycles. The van der Waals surface area contributed by atoms with Gasteiger partial charge in [0.15, 0.2) is 0 Å². The van der Waals surface area contributed by atoms with Gasteiger partial charge >= 0.3 is 0 Å². The van der Waals surface area contributed by atoms with E-state index in [0.717, 1.165) is 17.7 Å². The van der Waals surface area contributed by atoms with Crippen LogP contribution in [0.4, 0.5) is 5.69 Å². The summed E-state index contributed by atoms with van der Waals surface area (Å²) in [6, 6.07) is 11.8. The van der Waals surface area contributed by atoms with Gasteiger partial charge in [0.25, 0.3) is 0 Å². The maximum Gasteiger partial charge on any atom is 0.246 e. The van der Waals surface area contributed by atoms with Crippen molar-refractivity contribution < 1.29 is 4.79 Å². The van der Waals surface area contributed by atoms with Gasteiger partial charge in [-0.1, -0.05) is 18.2 Å². The van der Waals surface area contributed by atoms with E-state index < -0.39 is 0 Å². The Bertz CT molecular complexity index is 602. The first-order chi connectivity index (χ1) is 10.1. The zero-order chi connectivity index (χ0) is 15.2. The molecular formula is C17H20N2OS. The summed E-state index contributed by atoms with van der Waals surface area (Å²) < 4.78 is 0. The highest BCUT2D eigenvalue weighted by Gasteiger charge is 2.14. The van der Waals surface area contributed by atoms with Crippen molar-refractivity contribution in [3.8, 4) is 0 Å². The van der Waals surface area contributed by atoms with Crippen molar-refractivity contribution in [1.29, 1.82) is 0 Å². The second-order valence-electron chi connectivity index (χ2n) is 5.08. The molecule has 2 aromatic rings. The van der Waals surface area contributed by atoms with Gasteiger partial charge in [0.2, 0.25) is 5.91 Å². The highest BCUT2D eigenvalue weighted by Crippen LogP contribution is 2.14. The largest absolute Gasteiger partial charge is 0.399 e. The second kappa shape index (κ2) is 7.09. The topological polar surface area (TPSA) is 46.3 Å². The number of benzene rings is 1. The minimum atomic E-state index is 0.0101. The predicted molar refractivity (Wildman–Crippen MR) is 90.1 cm³/mol. The molecule has 0 saturated heterocycles. The monoisotopic (exact) mass is 300 g/mol. The molecule has 2 N–H and O–H groups in total. The van der Waals surface area contributed by atoms with Crippen LogP contribution in [0.3, 0.4) is 0 Å². The molecule has 0 aliphatic heterocycles. The van der Waals surface area contributed by atoms with E-state index in [2.05, 4.69) is 18.4 Å². The Morgan fingerprint density at radius 2 is 2.05 bits per heavy atom. The van der Waals surface area contributed by atoms with Crippen LogP contribution < -0.4 is 5.73 Å². The van der Waals surface area contributed by atoms with Gasteiger partial charge in [0.1, 0.15) is 0 Å². The quantitative estimate of drug-likeness (QED) is 0.679. The van der Waals surface area contributed by atoms with Crippen LogP contribution in [-0.4, -0.2) is 23.9 Å². The molecule has 4 heteroatoms. The molecule has 110 valence electrons. The number of nitrogen functional groups attached to an aromatic ring is 1. The Balaban J connectivity index is 1.93. The predicted octanol–water partition coefficient (Wildman–Crippen LogP) is 3.43. The number of rotatable bonds is 5. The number of anilines is 1. The third-order valence-electron chi connectivity index (χ3n) is 3.44. The lowest BCUT2D eigenvalue weighted by Crippen LogP contribution is -2.35. The van der Waals surface area contributed by atoms with E-state index in [1.807, 2.05) is 43.5 Å². The Morgan fingerprint density at radius 3 is 2.67 bits per heavy atom. The SMILES string of the molecule is CC(Cc1cccs1)N(C)C(=O)/C=C/c1ccc(N)cc1. The summed E-state index contributed by atoms with van der Waals surface area (Å²) >= 11 is 1.72. The van der Waals surface area contributed by atoms with E-state index in [1.165, 1.54) is 4.88 Å². The zero-order valence-corrected chi connectivity index (χ0v) is 13.1. The van der Waals surface area contributed by atoms with Gasteiger partial charge in [-0.3, -0.25) is 4.79 Å². The molecular weight excluding hydrogens is 280 g/mol. The van der Waals surface area contributed by atoms with E-state index in [9.17, 15) is 4.79 Å². The average Bonchev–Trinajstić information content (AvgIpc) is 2.98. The van der Waals surface area contributed by atoms with Gasteiger partial charge in [0, 0.05) is 36.2 Å². The first-order valence-electron chi connectivity index (χ1n) is 6.89. The second-order valence-corrected chi connectivity index (χ2v) is 6.11. The molecule has 1 amide bonds. The number of carbonyl (C=O) groups is 1. The Morgan fingerprint density at radius 1 is 1.33 bits per heavy atom. The normalized spacial score (nSPS) is 12.5. The number of nitrogens with two attached hydrogens (primary N) is 1. The fourth-order valence-corrected chi connectivity index (χ4v) is 2.79. The van der Waals surface area contributed by atoms with Crippen LogP contribution >= 0.6 is 11.3 Å². The molecule has 1 aromatic heterocycles. The smallest absolute Gasteiger partial charge is 0.246 e. The molecule has 0 spiro atoms. The van der Waals surface area contributed by atoms with E-state index in [1.54, 1.807) is 22.3 Å². The van der Waals surface area contributed by atoms with E-state index in [-0.39, 0.29) is 11.9 Å². The summed E-state index contributed by atoms with van der Waals surface area (Å²) in [7, 11) is 1.84. The molecule has 1 heterocycles. The molecule has 1 unspecified atom stereocenters. The van der Waals surface area contributed by atoms with Crippen molar-refractivity contribution in [2.75, 3.05) is 12.8 Å².